The average Bonchev–Trinajstić information content (AvgIpc) is 2.46. The van der Waals surface area contributed by atoms with Gasteiger partial charge in [-0.25, -0.2) is 0 Å². The maximum atomic E-state index is 6.48. The highest BCUT2D eigenvalue weighted by atomic mass is 35.5. The molecule has 1 aromatic carbocycles. The maximum absolute atomic E-state index is 6.48. The van der Waals surface area contributed by atoms with E-state index in [-0.39, 0.29) is 5.54 Å². The molecule has 0 bridgehead atoms. The molecule has 17 heavy (non-hydrogen) atoms. The van der Waals surface area contributed by atoms with Gasteiger partial charge in [-0.05, 0) is 48.8 Å². The van der Waals surface area contributed by atoms with Crippen LogP contribution in [0.2, 0.25) is 10.0 Å². The van der Waals surface area contributed by atoms with Crippen molar-refractivity contribution in [2.45, 2.75) is 45.1 Å². The Morgan fingerprint density at radius 3 is 2.47 bits per heavy atom. The lowest BCUT2D eigenvalue weighted by Gasteiger charge is -2.27. The van der Waals surface area contributed by atoms with Crippen LogP contribution in [0.5, 0.6) is 0 Å². The van der Waals surface area contributed by atoms with Gasteiger partial charge in [0.15, 0.2) is 0 Å². The molecular weight excluding hydrogens is 253 g/mol. The fraction of sp³-hybridized carbons (Fsp3) is 0.571. The molecule has 2 rings (SSSR count). The van der Waals surface area contributed by atoms with Gasteiger partial charge in [0, 0.05) is 15.6 Å². The summed E-state index contributed by atoms with van der Waals surface area (Å²) >= 11 is 12.1. The summed E-state index contributed by atoms with van der Waals surface area (Å²) < 4.78 is 0. The van der Waals surface area contributed by atoms with E-state index in [9.17, 15) is 0 Å². The van der Waals surface area contributed by atoms with Gasteiger partial charge < -0.3 is 5.73 Å². The summed E-state index contributed by atoms with van der Waals surface area (Å²) in [6.45, 7) is 4.57. The van der Waals surface area contributed by atoms with E-state index in [0.29, 0.717) is 10.4 Å². The van der Waals surface area contributed by atoms with Crippen LogP contribution in [0.25, 0.3) is 0 Å². The van der Waals surface area contributed by atoms with E-state index in [2.05, 4.69) is 13.8 Å². The Bertz CT molecular complexity index is 428. The molecule has 2 N–H and O–H groups in total. The van der Waals surface area contributed by atoms with Gasteiger partial charge in [-0.1, -0.05) is 43.1 Å². The summed E-state index contributed by atoms with van der Waals surface area (Å²) in [5.41, 5.74) is 7.83. The molecule has 0 spiro atoms. The molecule has 1 aliphatic carbocycles. The largest absolute Gasteiger partial charge is 0.325 e. The van der Waals surface area contributed by atoms with Crippen LogP contribution in [0.15, 0.2) is 18.2 Å². The number of rotatable bonds is 2. The second kappa shape index (κ2) is 4.46. The van der Waals surface area contributed by atoms with E-state index in [0.717, 1.165) is 29.8 Å². The number of hydrogen-bond acceptors (Lipinski definition) is 1. The summed E-state index contributed by atoms with van der Waals surface area (Å²) in [5.74, 6) is 0. The van der Waals surface area contributed by atoms with E-state index in [1.165, 1.54) is 6.42 Å². The number of nitrogens with two attached hydrogens (primary N) is 1. The van der Waals surface area contributed by atoms with E-state index < -0.39 is 0 Å². The molecule has 3 heteroatoms. The zero-order valence-electron chi connectivity index (χ0n) is 10.4. The first kappa shape index (κ1) is 13.2. The molecule has 1 fully saturated rings. The van der Waals surface area contributed by atoms with Crippen LogP contribution in [0.1, 0.15) is 38.7 Å². The van der Waals surface area contributed by atoms with Crippen LogP contribution in [0.3, 0.4) is 0 Å². The molecule has 1 nitrogen and oxygen atoms in total. The molecule has 0 amide bonds. The van der Waals surface area contributed by atoms with Gasteiger partial charge >= 0.3 is 0 Å². The van der Waals surface area contributed by atoms with Crippen LogP contribution in [-0.4, -0.2) is 5.54 Å². The number of hydrogen-bond donors (Lipinski definition) is 1. The minimum Gasteiger partial charge on any atom is -0.325 e. The molecule has 0 aromatic heterocycles. The highest BCUT2D eigenvalue weighted by Gasteiger charge is 2.40. The lowest BCUT2D eigenvalue weighted by atomic mass is 9.85. The van der Waals surface area contributed by atoms with E-state index in [4.69, 9.17) is 28.9 Å². The Balaban J connectivity index is 2.16. The number of benzene rings is 1. The maximum Gasteiger partial charge on any atom is 0.0453 e. The van der Waals surface area contributed by atoms with Crippen molar-refractivity contribution in [1.82, 2.24) is 0 Å². The third-order valence-corrected chi connectivity index (χ3v) is 4.27. The molecular formula is C14H19Cl2N. The lowest BCUT2D eigenvalue weighted by Crippen LogP contribution is -2.40. The first-order valence-electron chi connectivity index (χ1n) is 6.03. The standard InChI is InChI=1S/C14H19Cl2N/c1-13(2)5-6-14(17,9-13)8-10-3-4-11(15)7-12(10)16/h3-4,7H,5-6,8-9,17H2,1-2H3. The zero-order chi connectivity index (χ0) is 12.7. The van der Waals surface area contributed by atoms with Crippen LogP contribution in [-0.2, 0) is 6.42 Å². The fourth-order valence-corrected chi connectivity index (χ4v) is 3.39. The van der Waals surface area contributed by atoms with Crippen molar-refractivity contribution in [3.8, 4) is 0 Å². The number of halogens is 2. The van der Waals surface area contributed by atoms with Gasteiger partial charge in [0.25, 0.3) is 0 Å². The van der Waals surface area contributed by atoms with Gasteiger partial charge in [0.05, 0.1) is 0 Å². The normalized spacial score (nSPS) is 27.4. The van der Waals surface area contributed by atoms with E-state index >= 15 is 0 Å². The predicted molar refractivity (Wildman–Crippen MR) is 74.7 cm³/mol. The van der Waals surface area contributed by atoms with Crippen molar-refractivity contribution in [1.29, 1.82) is 0 Å². The van der Waals surface area contributed by atoms with Crippen LogP contribution in [0.4, 0.5) is 0 Å². The van der Waals surface area contributed by atoms with Crippen molar-refractivity contribution in [3.63, 3.8) is 0 Å². The molecule has 0 heterocycles. The summed E-state index contributed by atoms with van der Waals surface area (Å²) in [4.78, 5) is 0. The lowest BCUT2D eigenvalue weighted by molar-refractivity contribution is 0.334. The van der Waals surface area contributed by atoms with Crippen molar-refractivity contribution < 1.29 is 0 Å². The summed E-state index contributed by atoms with van der Waals surface area (Å²) in [6, 6.07) is 5.67. The second-order valence-electron chi connectivity index (χ2n) is 6.12. The molecule has 1 aliphatic rings. The van der Waals surface area contributed by atoms with Crippen molar-refractivity contribution in [2.24, 2.45) is 11.1 Å². The molecule has 1 unspecified atom stereocenters. The van der Waals surface area contributed by atoms with Crippen LogP contribution in [0, 0.1) is 5.41 Å². The minimum absolute atomic E-state index is 0.110. The first-order valence-corrected chi connectivity index (χ1v) is 6.78. The Hall–Kier alpha value is -0.240. The quantitative estimate of drug-likeness (QED) is 0.846. The Morgan fingerprint density at radius 2 is 1.94 bits per heavy atom. The zero-order valence-corrected chi connectivity index (χ0v) is 11.9. The van der Waals surface area contributed by atoms with Gasteiger partial charge in [0.1, 0.15) is 0 Å². The smallest absolute Gasteiger partial charge is 0.0453 e. The van der Waals surface area contributed by atoms with Crippen LogP contribution >= 0.6 is 23.2 Å². The highest BCUT2D eigenvalue weighted by molar-refractivity contribution is 6.35. The predicted octanol–water partition coefficient (Wildman–Crippen LogP) is 4.44. The summed E-state index contributed by atoms with van der Waals surface area (Å²) in [6.07, 6.45) is 4.15. The molecule has 1 atom stereocenters. The Morgan fingerprint density at radius 1 is 1.24 bits per heavy atom. The third-order valence-electron chi connectivity index (χ3n) is 3.69. The van der Waals surface area contributed by atoms with Gasteiger partial charge in [-0.3, -0.25) is 0 Å². The first-order chi connectivity index (χ1) is 7.80. The SMILES string of the molecule is CC1(C)CCC(N)(Cc2ccc(Cl)cc2Cl)C1. The minimum atomic E-state index is -0.110. The monoisotopic (exact) mass is 271 g/mol. The molecule has 94 valence electrons. The van der Waals surface area contributed by atoms with Gasteiger partial charge in [-0.2, -0.15) is 0 Å². The van der Waals surface area contributed by atoms with E-state index in [1.54, 1.807) is 6.07 Å². The summed E-state index contributed by atoms with van der Waals surface area (Å²) in [7, 11) is 0. The Labute approximate surface area is 113 Å². The fourth-order valence-electron chi connectivity index (χ4n) is 2.91. The van der Waals surface area contributed by atoms with Gasteiger partial charge in [-0.15, -0.1) is 0 Å². The Kier molecular flexibility index (Phi) is 3.46. The van der Waals surface area contributed by atoms with E-state index in [1.807, 2.05) is 12.1 Å². The van der Waals surface area contributed by atoms with Crippen molar-refractivity contribution in [2.75, 3.05) is 0 Å². The molecule has 1 aromatic rings. The van der Waals surface area contributed by atoms with Crippen LogP contribution < -0.4 is 5.73 Å². The molecule has 0 radical (unpaired) electrons. The average molecular weight is 272 g/mol. The van der Waals surface area contributed by atoms with Crippen molar-refractivity contribution in [3.05, 3.63) is 33.8 Å². The van der Waals surface area contributed by atoms with Gasteiger partial charge in [0.2, 0.25) is 0 Å². The highest BCUT2D eigenvalue weighted by Crippen LogP contribution is 2.44. The molecule has 0 aliphatic heterocycles. The van der Waals surface area contributed by atoms with Crippen molar-refractivity contribution >= 4 is 23.2 Å². The molecule has 1 saturated carbocycles. The topological polar surface area (TPSA) is 26.0 Å². The molecule has 0 saturated heterocycles. The second-order valence-corrected chi connectivity index (χ2v) is 6.96. The third kappa shape index (κ3) is 3.15. The summed E-state index contributed by atoms with van der Waals surface area (Å²) in [5, 5.41) is 1.41.